The van der Waals surface area contributed by atoms with Gasteiger partial charge in [0.15, 0.2) is 6.10 Å². The molecular weight excluding hydrogens is 359 g/mol. The Hall–Kier alpha value is -2.41. The molecule has 1 amide bonds. The molecule has 1 N–H and O–H groups in total. The summed E-state index contributed by atoms with van der Waals surface area (Å²) in [6, 6.07) is 9.84. The molecular formula is C17H15ClF3NO3. The van der Waals surface area contributed by atoms with Crippen LogP contribution in [0.5, 0.6) is 11.5 Å². The highest BCUT2D eigenvalue weighted by Crippen LogP contribution is 2.25. The van der Waals surface area contributed by atoms with Crippen LogP contribution in [-0.4, -0.2) is 18.4 Å². The van der Waals surface area contributed by atoms with Crippen molar-refractivity contribution in [3.63, 3.8) is 0 Å². The lowest BCUT2D eigenvalue weighted by Gasteiger charge is -2.16. The van der Waals surface area contributed by atoms with Crippen LogP contribution in [-0.2, 0) is 4.79 Å². The smallest absolute Gasteiger partial charge is 0.481 e. The van der Waals surface area contributed by atoms with E-state index in [1.54, 1.807) is 32.0 Å². The van der Waals surface area contributed by atoms with Crippen molar-refractivity contribution >= 4 is 23.2 Å². The first-order valence-corrected chi connectivity index (χ1v) is 7.61. The average molecular weight is 374 g/mol. The summed E-state index contributed by atoms with van der Waals surface area (Å²) in [5.74, 6) is -0.300. The highest BCUT2D eigenvalue weighted by molar-refractivity contribution is 6.30. The monoisotopic (exact) mass is 373 g/mol. The third-order valence-electron chi connectivity index (χ3n) is 3.17. The summed E-state index contributed by atoms with van der Waals surface area (Å²) >= 11 is 5.86. The Morgan fingerprint density at radius 2 is 1.80 bits per heavy atom. The standard InChI is InChI=1S/C17H15ClF3NO3/c1-10-9-12(18)3-8-15(10)24-11(2)16(23)22-13-4-6-14(7-5-13)25-17(19,20)21/h3-9,11H,1-2H3,(H,22,23)/t11-/m0/s1. The number of rotatable bonds is 5. The van der Waals surface area contributed by atoms with Gasteiger partial charge >= 0.3 is 6.36 Å². The van der Waals surface area contributed by atoms with Gasteiger partial charge in [-0.15, -0.1) is 13.2 Å². The van der Waals surface area contributed by atoms with Gasteiger partial charge in [0.25, 0.3) is 5.91 Å². The molecule has 8 heteroatoms. The van der Waals surface area contributed by atoms with Crippen molar-refractivity contribution < 1.29 is 27.4 Å². The Morgan fingerprint density at radius 3 is 2.36 bits per heavy atom. The van der Waals surface area contributed by atoms with Gasteiger partial charge in [0.2, 0.25) is 0 Å². The number of amides is 1. The van der Waals surface area contributed by atoms with E-state index in [2.05, 4.69) is 10.1 Å². The maximum atomic E-state index is 12.1. The largest absolute Gasteiger partial charge is 0.573 e. The van der Waals surface area contributed by atoms with Gasteiger partial charge in [-0.1, -0.05) is 11.6 Å². The Balaban J connectivity index is 1.96. The van der Waals surface area contributed by atoms with E-state index in [1.165, 1.54) is 12.1 Å². The summed E-state index contributed by atoms with van der Waals surface area (Å²) in [7, 11) is 0. The number of ether oxygens (including phenoxy) is 2. The maximum Gasteiger partial charge on any atom is 0.573 e. The Morgan fingerprint density at radius 1 is 1.16 bits per heavy atom. The van der Waals surface area contributed by atoms with Crippen LogP contribution in [0.3, 0.4) is 0 Å². The highest BCUT2D eigenvalue weighted by atomic mass is 35.5. The summed E-state index contributed by atoms with van der Waals surface area (Å²) in [5.41, 5.74) is 1.10. The van der Waals surface area contributed by atoms with Crippen LogP contribution in [0.25, 0.3) is 0 Å². The summed E-state index contributed by atoms with van der Waals surface area (Å²) in [5, 5.41) is 3.11. The Kier molecular flexibility index (Phi) is 5.79. The fraction of sp³-hybridized carbons (Fsp3) is 0.235. The van der Waals surface area contributed by atoms with Gasteiger partial charge in [-0.25, -0.2) is 0 Å². The molecule has 0 saturated heterocycles. The van der Waals surface area contributed by atoms with Crippen molar-refractivity contribution in [2.24, 2.45) is 0 Å². The molecule has 0 aliphatic heterocycles. The Bertz CT molecular complexity index is 748. The van der Waals surface area contributed by atoms with Gasteiger partial charge in [0.05, 0.1) is 0 Å². The molecule has 0 aliphatic rings. The summed E-state index contributed by atoms with van der Waals surface area (Å²) < 4.78 is 45.7. The second kappa shape index (κ2) is 7.65. The molecule has 2 rings (SSSR count). The average Bonchev–Trinajstić information content (AvgIpc) is 2.50. The number of halogens is 4. The van der Waals surface area contributed by atoms with E-state index in [9.17, 15) is 18.0 Å². The van der Waals surface area contributed by atoms with Crippen LogP contribution < -0.4 is 14.8 Å². The van der Waals surface area contributed by atoms with Crippen LogP contribution in [0.4, 0.5) is 18.9 Å². The number of nitrogens with one attached hydrogen (secondary N) is 1. The predicted octanol–water partition coefficient (Wildman–Crippen LogP) is 4.95. The number of aryl methyl sites for hydroxylation is 1. The van der Waals surface area contributed by atoms with Crippen molar-refractivity contribution in [1.29, 1.82) is 0 Å². The SMILES string of the molecule is Cc1cc(Cl)ccc1O[C@@H](C)C(=O)Nc1ccc(OC(F)(F)F)cc1. The lowest BCUT2D eigenvalue weighted by Crippen LogP contribution is -2.30. The summed E-state index contributed by atoms with van der Waals surface area (Å²) in [6.07, 6.45) is -5.57. The molecule has 0 unspecified atom stereocenters. The number of alkyl halides is 3. The van der Waals surface area contributed by atoms with Gasteiger partial charge in [-0.3, -0.25) is 4.79 Å². The molecule has 2 aromatic carbocycles. The molecule has 4 nitrogen and oxygen atoms in total. The van der Waals surface area contributed by atoms with Crippen LogP contribution in [0.2, 0.25) is 5.02 Å². The molecule has 0 aromatic heterocycles. The molecule has 25 heavy (non-hydrogen) atoms. The van der Waals surface area contributed by atoms with Crippen LogP contribution in [0.1, 0.15) is 12.5 Å². The van der Waals surface area contributed by atoms with Gasteiger partial charge in [-0.2, -0.15) is 0 Å². The molecule has 1 atom stereocenters. The quantitative estimate of drug-likeness (QED) is 0.806. The van der Waals surface area contributed by atoms with E-state index < -0.39 is 18.4 Å². The van der Waals surface area contributed by atoms with E-state index in [1.807, 2.05) is 0 Å². The molecule has 0 heterocycles. The van der Waals surface area contributed by atoms with E-state index >= 15 is 0 Å². The molecule has 134 valence electrons. The summed E-state index contributed by atoms with van der Waals surface area (Å²) in [6.45, 7) is 3.36. The molecule has 0 fully saturated rings. The topological polar surface area (TPSA) is 47.6 Å². The van der Waals surface area contributed by atoms with E-state index in [-0.39, 0.29) is 5.75 Å². The second-order valence-corrected chi connectivity index (χ2v) is 5.67. The Labute approximate surface area is 147 Å². The molecule has 0 aliphatic carbocycles. The maximum absolute atomic E-state index is 12.1. The zero-order valence-electron chi connectivity index (χ0n) is 13.4. The first-order chi connectivity index (χ1) is 11.6. The normalized spacial score (nSPS) is 12.4. The minimum Gasteiger partial charge on any atom is -0.481 e. The van der Waals surface area contributed by atoms with Crippen molar-refractivity contribution in [1.82, 2.24) is 0 Å². The minimum absolute atomic E-state index is 0.322. The number of benzene rings is 2. The fourth-order valence-corrected chi connectivity index (χ4v) is 2.20. The number of anilines is 1. The summed E-state index contributed by atoms with van der Waals surface area (Å²) in [4.78, 5) is 12.1. The van der Waals surface area contributed by atoms with Crippen LogP contribution in [0.15, 0.2) is 42.5 Å². The van der Waals surface area contributed by atoms with Crippen LogP contribution >= 0.6 is 11.6 Å². The molecule has 2 aromatic rings. The third kappa shape index (κ3) is 5.86. The van der Waals surface area contributed by atoms with Gasteiger partial charge in [0, 0.05) is 10.7 Å². The number of carbonyl (C=O) groups excluding carboxylic acids is 1. The number of hydrogen-bond donors (Lipinski definition) is 1. The number of carbonyl (C=O) groups is 1. The first-order valence-electron chi connectivity index (χ1n) is 7.23. The fourth-order valence-electron chi connectivity index (χ4n) is 1.97. The highest BCUT2D eigenvalue weighted by Gasteiger charge is 2.31. The van der Waals surface area contributed by atoms with Gasteiger partial charge in [0.1, 0.15) is 11.5 Å². The predicted molar refractivity (Wildman–Crippen MR) is 88.0 cm³/mol. The van der Waals surface area contributed by atoms with E-state index in [4.69, 9.17) is 16.3 Å². The van der Waals surface area contributed by atoms with Crippen molar-refractivity contribution in [2.75, 3.05) is 5.32 Å². The second-order valence-electron chi connectivity index (χ2n) is 5.23. The molecule has 0 spiro atoms. The molecule has 0 bridgehead atoms. The van der Waals surface area contributed by atoms with Gasteiger partial charge < -0.3 is 14.8 Å². The number of hydrogen-bond acceptors (Lipinski definition) is 3. The van der Waals surface area contributed by atoms with Crippen LogP contribution in [0, 0.1) is 6.92 Å². The van der Waals surface area contributed by atoms with E-state index in [0.717, 1.165) is 17.7 Å². The minimum atomic E-state index is -4.76. The molecule has 0 saturated carbocycles. The van der Waals surface area contributed by atoms with Crippen molar-refractivity contribution in [3.05, 3.63) is 53.1 Å². The molecule has 0 radical (unpaired) electrons. The van der Waals surface area contributed by atoms with Crippen molar-refractivity contribution in [2.45, 2.75) is 26.3 Å². The van der Waals surface area contributed by atoms with Crippen molar-refractivity contribution in [3.8, 4) is 11.5 Å². The zero-order valence-corrected chi connectivity index (χ0v) is 14.1. The zero-order chi connectivity index (χ0) is 18.6. The van der Waals surface area contributed by atoms with E-state index in [0.29, 0.717) is 16.5 Å². The lowest BCUT2D eigenvalue weighted by atomic mass is 10.2. The van der Waals surface area contributed by atoms with Gasteiger partial charge in [-0.05, 0) is 61.9 Å². The lowest BCUT2D eigenvalue weighted by molar-refractivity contribution is -0.274. The first kappa shape index (κ1) is 18.9. The third-order valence-corrected chi connectivity index (χ3v) is 3.40.